The molecule has 0 radical (unpaired) electrons. The molecule has 3 heterocycles. The molecule has 0 unspecified atom stereocenters. The average molecular weight is 309 g/mol. The van der Waals surface area contributed by atoms with E-state index in [1.807, 2.05) is 35.9 Å². The number of nitrogens with one attached hydrogen (secondary N) is 2. The van der Waals surface area contributed by atoms with Crippen molar-refractivity contribution in [2.45, 2.75) is 0 Å². The van der Waals surface area contributed by atoms with E-state index in [1.165, 1.54) is 0 Å². The van der Waals surface area contributed by atoms with Gasteiger partial charge in [-0.05, 0) is 30.4 Å². The molecule has 6 nitrogen and oxygen atoms in total. The number of pyridine rings is 1. The lowest BCUT2D eigenvalue weighted by molar-refractivity contribution is 0.959. The van der Waals surface area contributed by atoms with Crippen LogP contribution in [0.1, 0.15) is 0 Å². The van der Waals surface area contributed by atoms with Gasteiger partial charge in [0.1, 0.15) is 11.5 Å². The minimum absolute atomic E-state index is 0.257. The SMILES string of the molecule is Cn1c(-c2ccnc3[nH]c(=S)[nH]c(=O)c23)nc2ccccc21. The molecule has 4 aromatic rings. The molecule has 0 saturated carbocycles. The molecular formula is C15H11N5OS. The van der Waals surface area contributed by atoms with Crippen LogP contribution in [0.15, 0.2) is 41.3 Å². The normalized spacial score (nSPS) is 11.3. The van der Waals surface area contributed by atoms with Crippen LogP contribution in [-0.2, 0) is 7.05 Å². The lowest BCUT2D eigenvalue weighted by atomic mass is 10.1. The molecule has 0 bridgehead atoms. The minimum atomic E-state index is -0.270. The summed E-state index contributed by atoms with van der Waals surface area (Å²) in [6.07, 6.45) is 1.64. The van der Waals surface area contributed by atoms with E-state index >= 15 is 0 Å². The van der Waals surface area contributed by atoms with Crippen molar-refractivity contribution in [3.05, 3.63) is 51.7 Å². The molecule has 0 aliphatic rings. The first kappa shape index (κ1) is 12.9. The largest absolute Gasteiger partial charge is 0.327 e. The number of hydrogen-bond acceptors (Lipinski definition) is 4. The van der Waals surface area contributed by atoms with E-state index in [1.54, 1.807) is 12.3 Å². The number of H-pyrrole nitrogens is 2. The number of aryl methyl sites for hydroxylation is 1. The van der Waals surface area contributed by atoms with Gasteiger partial charge in [-0.2, -0.15) is 0 Å². The van der Waals surface area contributed by atoms with Gasteiger partial charge in [-0.3, -0.25) is 9.78 Å². The Kier molecular flexibility index (Phi) is 2.70. The monoisotopic (exact) mass is 309 g/mol. The van der Waals surface area contributed by atoms with E-state index < -0.39 is 0 Å². The summed E-state index contributed by atoms with van der Waals surface area (Å²) < 4.78 is 2.22. The summed E-state index contributed by atoms with van der Waals surface area (Å²) in [7, 11) is 1.93. The zero-order chi connectivity index (χ0) is 15.3. The predicted molar refractivity (Wildman–Crippen MR) is 87.3 cm³/mol. The van der Waals surface area contributed by atoms with E-state index in [2.05, 4.69) is 19.9 Å². The highest BCUT2D eigenvalue weighted by Gasteiger charge is 2.15. The summed E-state index contributed by atoms with van der Waals surface area (Å²) in [5.74, 6) is 0.713. The van der Waals surface area contributed by atoms with Gasteiger partial charge in [0.25, 0.3) is 5.56 Å². The van der Waals surface area contributed by atoms with Gasteiger partial charge in [-0.1, -0.05) is 12.1 Å². The van der Waals surface area contributed by atoms with Crippen LogP contribution >= 0.6 is 12.2 Å². The molecule has 22 heavy (non-hydrogen) atoms. The average Bonchev–Trinajstić information content (AvgIpc) is 2.84. The van der Waals surface area contributed by atoms with Crippen LogP contribution in [-0.4, -0.2) is 24.5 Å². The van der Waals surface area contributed by atoms with Crippen molar-refractivity contribution in [2.75, 3.05) is 0 Å². The number of aromatic amines is 2. The quantitative estimate of drug-likeness (QED) is 0.530. The molecule has 1 aromatic carbocycles. The first-order chi connectivity index (χ1) is 10.6. The third-order valence-corrected chi connectivity index (χ3v) is 3.87. The van der Waals surface area contributed by atoms with Gasteiger partial charge in [0, 0.05) is 18.8 Å². The molecule has 4 rings (SSSR count). The predicted octanol–water partition coefficient (Wildman–Crippen LogP) is 2.53. The molecular weight excluding hydrogens is 298 g/mol. The molecule has 7 heteroatoms. The molecule has 0 aliphatic carbocycles. The van der Waals surface area contributed by atoms with Gasteiger partial charge in [0.05, 0.1) is 16.4 Å². The molecule has 0 atom stereocenters. The number of para-hydroxylation sites is 2. The van der Waals surface area contributed by atoms with E-state index in [0.29, 0.717) is 16.9 Å². The maximum absolute atomic E-state index is 12.3. The smallest absolute Gasteiger partial charge is 0.261 e. The fraction of sp³-hybridized carbons (Fsp3) is 0.0667. The Morgan fingerprint density at radius 2 is 2.00 bits per heavy atom. The summed E-state index contributed by atoms with van der Waals surface area (Å²) in [6.45, 7) is 0. The first-order valence-corrected chi connectivity index (χ1v) is 7.09. The highest BCUT2D eigenvalue weighted by Crippen LogP contribution is 2.26. The van der Waals surface area contributed by atoms with Crippen molar-refractivity contribution in [1.82, 2.24) is 24.5 Å². The van der Waals surface area contributed by atoms with Crippen LogP contribution in [0.3, 0.4) is 0 Å². The molecule has 0 spiro atoms. The fourth-order valence-corrected chi connectivity index (χ4v) is 2.85. The number of fused-ring (bicyclic) bond motifs is 2. The zero-order valence-electron chi connectivity index (χ0n) is 11.6. The Hall–Kier alpha value is -2.80. The first-order valence-electron chi connectivity index (χ1n) is 6.68. The maximum Gasteiger partial charge on any atom is 0.261 e. The Balaban J connectivity index is 2.15. The van der Waals surface area contributed by atoms with Crippen LogP contribution in [0.2, 0.25) is 0 Å². The molecule has 0 fully saturated rings. The maximum atomic E-state index is 12.3. The van der Waals surface area contributed by atoms with E-state index in [-0.39, 0.29) is 10.3 Å². The second kappa shape index (κ2) is 4.60. The Labute approximate surface area is 129 Å². The second-order valence-corrected chi connectivity index (χ2v) is 5.38. The minimum Gasteiger partial charge on any atom is -0.327 e. The van der Waals surface area contributed by atoms with Crippen molar-refractivity contribution in [3.63, 3.8) is 0 Å². The molecule has 3 aromatic heterocycles. The molecule has 0 saturated heterocycles. The van der Waals surface area contributed by atoms with Crippen molar-refractivity contribution in [3.8, 4) is 11.4 Å². The third-order valence-electron chi connectivity index (χ3n) is 3.67. The Morgan fingerprint density at radius 1 is 1.18 bits per heavy atom. The molecule has 108 valence electrons. The number of aromatic nitrogens is 5. The highest BCUT2D eigenvalue weighted by atomic mass is 32.1. The summed E-state index contributed by atoms with van der Waals surface area (Å²) in [5, 5.41) is 0.453. The standard InChI is InChI=1S/C15H11N5OS/c1-20-10-5-3-2-4-9(10)17-13(20)8-6-7-16-12-11(8)14(21)19-15(22)18-12/h2-7H,1H3,(H2,16,18,19,21,22). The number of nitrogens with zero attached hydrogens (tertiary/aromatic N) is 3. The van der Waals surface area contributed by atoms with Crippen LogP contribution in [0.5, 0.6) is 0 Å². The van der Waals surface area contributed by atoms with E-state index in [4.69, 9.17) is 12.2 Å². The van der Waals surface area contributed by atoms with Gasteiger partial charge < -0.3 is 9.55 Å². The van der Waals surface area contributed by atoms with Crippen LogP contribution in [0, 0.1) is 4.77 Å². The van der Waals surface area contributed by atoms with E-state index in [9.17, 15) is 4.79 Å². The second-order valence-electron chi connectivity index (χ2n) is 4.97. The van der Waals surface area contributed by atoms with Gasteiger partial charge in [0.15, 0.2) is 4.77 Å². The Morgan fingerprint density at radius 3 is 2.82 bits per heavy atom. The Bertz CT molecular complexity index is 1140. The number of hydrogen-bond donors (Lipinski definition) is 2. The van der Waals surface area contributed by atoms with Gasteiger partial charge >= 0.3 is 0 Å². The summed E-state index contributed by atoms with van der Waals surface area (Å²) in [4.78, 5) is 26.6. The molecule has 2 N–H and O–H groups in total. The topological polar surface area (TPSA) is 79.4 Å². The number of imidazole rings is 1. The number of rotatable bonds is 1. The van der Waals surface area contributed by atoms with Gasteiger partial charge in [0.2, 0.25) is 0 Å². The van der Waals surface area contributed by atoms with Crippen molar-refractivity contribution >= 4 is 34.3 Å². The van der Waals surface area contributed by atoms with Crippen LogP contribution < -0.4 is 5.56 Å². The summed E-state index contributed by atoms with van der Waals surface area (Å²) in [6, 6.07) is 9.62. The van der Waals surface area contributed by atoms with Crippen molar-refractivity contribution in [2.24, 2.45) is 7.05 Å². The fourth-order valence-electron chi connectivity index (χ4n) is 2.66. The summed E-state index contributed by atoms with van der Waals surface area (Å²) >= 11 is 4.99. The van der Waals surface area contributed by atoms with Gasteiger partial charge in [-0.15, -0.1) is 0 Å². The highest BCUT2D eigenvalue weighted by molar-refractivity contribution is 7.71. The van der Waals surface area contributed by atoms with Crippen molar-refractivity contribution < 1.29 is 0 Å². The van der Waals surface area contributed by atoms with Gasteiger partial charge in [-0.25, -0.2) is 9.97 Å². The summed E-state index contributed by atoms with van der Waals surface area (Å²) in [5.41, 5.74) is 2.79. The lowest BCUT2D eigenvalue weighted by Gasteiger charge is -2.05. The van der Waals surface area contributed by atoms with Crippen molar-refractivity contribution in [1.29, 1.82) is 0 Å². The zero-order valence-corrected chi connectivity index (χ0v) is 12.4. The molecule has 0 amide bonds. The molecule has 0 aliphatic heterocycles. The van der Waals surface area contributed by atoms with Crippen LogP contribution in [0.4, 0.5) is 0 Å². The third kappa shape index (κ3) is 1.79. The lowest BCUT2D eigenvalue weighted by Crippen LogP contribution is -2.10. The van der Waals surface area contributed by atoms with Crippen LogP contribution in [0.25, 0.3) is 33.5 Å². The number of benzene rings is 1. The van der Waals surface area contributed by atoms with E-state index in [0.717, 1.165) is 16.6 Å².